The molecule has 1 heterocycles. The highest BCUT2D eigenvalue weighted by atomic mass is 79.9. The van der Waals surface area contributed by atoms with Gasteiger partial charge in [0.05, 0.1) is 0 Å². The average Bonchev–Trinajstić information content (AvgIpc) is 1.88. The number of rotatable bonds is 1. The first-order valence-corrected chi connectivity index (χ1v) is 13.7. The lowest BCUT2D eigenvalue weighted by Gasteiger charge is -2.30. The van der Waals surface area contributed by atoms with Gasteiger partial charge in [-0.2, -0.15) is 0 Å². The van der Waals surface area contributed by atoms with Gasteiger partial charge >= 0.3 is 0 Å². The monoisotopic (exact) mass is 300 g/mol. The van der Waals surface area contributed by atoms with E-state index in [1.807, 2.05) is 0 Å². The van der Waals surface area contributed by atoms with E-state index < -0.39 is 14.1 Å². The van der Waals surface area contributed by atoms with Gasteiger partial charge in [-0.25, -0.2) is 0 Å². The molecule has 60 valence electrons. The summed E-state index contributed by atoms with van der Waals surface area (Å²) in [4.78, 5) is 0. The maximum absolute atomic E-state index is 3.98. The van der Waals surface area contributed by atoms with Crippen molar-refractivity contribution in [2.45, 2.75) is 37.1 Å². The molecule has 1 saturated heterocycles. The second-order valence-corrected chi connectivity index (χ2v) is 19.0. The lowest BCUT2D eigenvalue weighted by molar-refractivity contribution is 1.01. The van der Waals surface area contributed by atoms with Crippen LogP contribution in [0, 0.1) is 0 Å². The molecule has 0 aromatic heterocycles. The summed E-state index contributed by atoms with van der Waals surface area (Å²) in [6.07, 6.45) is 1.49. The zero-order valence-corrected chi connectivity index (χ0v) is 11.7. The molecule has 0 nitrogen and oxygen atoms in total. The van der Waals surface area contributed by atoms with Crippen LogP contribution in [0.3, 0.4) is 0 Å². The molecular formula is C6H14Br2Si2. The molecule has 0 aromatic rings. The Morgan fingerprint density at radius 2 is 2.30 bits per heavy atom. The number of halogens is 2. The standard InChI is InChI=1S/C6H14Br2Si2/c1-2-10(8)5-3-4-9(7)6-10/h9H,2-6H2,1H3. The van der Waals surface area contributed by atoms with E-state index in [2.05, 4.69) is 37.5 Å². The summed E-state index contributed by atoms with van der Waals surface area (Å²) in [7, 11) is -0.410. The molecule has 1 aliphatic heterocycles. The first-order valence-electron chi connectivity index (χ1n) is 3.99. The van der Waals surface area contributed by atoms with Crippen LogP contribution in [0.4, 0.5) is 0 Å². The normalized spacial score (nSPS) is 41.7. The van der Waals surface area contributed by atoms with Crippen LogP contribution >= 0.6 is 30.6 Å². The maximum Gasteiger partial charge on any atom is 0.128 e. The highest BCUT2D eigenvalue weighted by Crippen LogP contribution is 2.37. The van der Waals surface area contributed by atoms with Crippen molar-refractivity contribution in [1.82, 2.24) is 0 Å². The molecule has 2 atom stereocenters. The van der Waals surface area contributed by atoms with Crippen molar-refractivity contribution in [1.29, 1.82) is 0 Å². The Balaban J connectivity index is 2.45. The van der Waals surface area contributed by atoms with Crippen LogP contribution in [-0.2, 0) is 0 Å². The molecule has 10 heavy (non-hydrogen) atoms. The zero-order valence-electron chi connectivity index (χ0n) is 6.37. The van der Waals surface area contributed by atoms with Crippen molar-refractivity contribution < 1.29 is 0 Å². The Bertz CT molecular complexity index is 120. The Kier molecular flexibility index (Phi) is 3.67. The van der Waals surface area contributed by atoms with Gasteiger partial charge in [-0.05, 0) is 11.7 Å². The van der Waals surface area contributed by atoms with Gasteiger partial charge in [-0.1, -0.05) is 25.4 Å². The fourth-order valence-electron chi connectivity index (χ4n) is 1.56. The van der Waals surface area contributed by atoms with Crippen LogP contribution in [0.15, 0.2) is 0 Å². The van der Waals surface area contributed by atoms with Gasteiger partial charge in [0.25, 0.3) is 0 Å². The van der Waals surface area contributed by atoms with E-state index in [0.29, 0.717) is 0 Å². The minimum Gasteiger partial charge on any atom is -0.131 e. The molecule has 1 rings (SSSR count). The van der Waals surface area contributed by atoms with Crippen LogP contribution in [0.1, 0.15) is 13.3 Å². The molecule has 1 aliphatic rings. The highest BCUT2D eigenvalue weighted by molar-refractivity contribution is 9.27. The summed E-state index contributed by atoms with van der Waals surface area (Å²) in [5, 5.41) is 0. The molecular weight excluding hydrogens is 288 g/mol. The fourth-order valence-corrected chi connectivity index (χ4v) is 24.6. The van der Waals surface area contributed by atoms with Gasteiger partial charge in [-0.15, -0.1) is 30.6 Å². The third-order valence-electron chi connectivity index (χ3n) is 2.36. The van der Waals surface area contributed by atoms with Gasteiger partial charge in [0.15, 0.2) is 0 Å². The third kappa shape index (κ3) is 2.46. The van der Waals surface area contributed by atoms with Gasteiger partial charge in [0.1, 0.15) is 14.1 Å². The number of hydrogen-bond acceptors (Lipinski definition) is 0. The predicted molar refractivity (Wildman–Crippen MR) is 60.3 cm³/mol. The van der Waals surface area contributed by atoms with Crippen molar-refractivity contribution in [2.75, 3.05) is 0 Å². The highest BCUT2D eigenvalue weighted by Gasteiger charge is 2.34. The summed E-state index contributed by atoms with van der Waals surface area (Å²) in [6.45, 7) is 1.50. The Labute approximate surface area is 81.6 Å². The van der Waals surface area contributed by atoms with E-state index in [0.717, 1.165) is 0 Å². The molecule has 0 spiro atoms. The van der Waals surface area contributed by atoms with Gasteiger partial charge in [0.2, 0.25) is 0 Å². The lowest BCUT2D eigenvalue weighted by atomic mass is 10.6. The first-order chi connectivity index (χ1) is 4.66. The molecule has 0 amide bonds. The summed E-state index contributed by atoms with van der Waals surface area (Å²) in [5.74, 6) is 0. The third-order valence-corrected chi connectivity index (χ3v) is 20.7. The van der Waals surface area contributed by atoms with Gasteiger partial charge < -0.3 is 0 Å². The molecule has 2 unspecified atom stereocenters. The fraction of sp³-hybridized carbons (Fsp3) is 1.00. The van der Waals surface area contributed by atoms with E-state index in [1.54, 1.807) is 5.67 Å². The summed E-state index contributed by atoms with van der Waals surface area (Å²) in [6, 6.07) is 4.49. The van der Waals surface area contributed by atoms with E-state index in [4.69, 9.17) is 0 Å². The van der Waals surface area contributed by atoms with E-state index in [9.17, 15) is 0 Å². The van der Waals surface area contributed by atoms with E-state index in [1.165, 1.54) is 24.6 Å². The quantitative estimate of drug-likeness (QED) is 0.514. The lowest BCUT2D eigenvalue weighted by Crippen LogP contribution is -2.34. The van der Waals surface area contributed by atoms with Crippen LogP contribution in [0.25, 0.3) is 0 Å². The average molecular weight is 302 g/mol. The van der Waals surface area contributed by atoms with Crippen molar-refractivity contribution in [3.63, 3.8) is 0 Å². The SMILES string of the molecule is CC[Si]1(Br)CCC[SiH](Br)C1. The Hall–Kier alpha value is 1.39. The van der Waals surface area contributed by atoms with Crippen molar-refractivity contribution in [3.05, 3.63) is 0 Å². The molecule has 4 heteroatoms. The number of hydrogen-bond donors (Lipinski definition) is 0. The predicted octanol–water partition coefficient (Wildman–Crippen LogP) is 3.41. The second kappa shape index (κ2) is 3.87. The first kappa shape index (κ1) is 9.48. The van der Waals surface area contributed by atoms with Crippen LogP contribution < -0.4 is 0 Å². The van der Waals surface area contributed by atoms with Gasteiger partial charge in [0, 0.05) is 0 Å². The van der Waals surface area contributed by atoms with Crippen LogP contribution in [0.2, 0.25) is 23.8 Å². The minimum atomic E-state index is -0.846. The molecule has 0 N–H and O–H groups in total. The van der Waals surface area contributed by atoms with Crippen molar-refractivity contribution >= 4 is 44.7 Å². The van der Waals surface area contributed by atoms with Crippen LogP contribution in [0.5, 0.6) is 0 Å². The Morgan fingerprint density at radius 3 is 2.70 bits per heavy atom. The minimum absolute atomic E-state index is 0.410. The second-order valence-electron chi connectivity index (χ2n) is 3.20. The largest absolute Gasteiger partial charge is 0.131 e. The summed E-state index contributed by atoms with van der Waals surface area (Å²) < 4.78 is 0. The molecule has 0 aliphatic carbocycles. The zero-order chi connectivity index (χ0) is 7.61. The molecule has 0 bridgehead atoms. The van der Waals surface area contributed by atoms with E-state index >= 15 is 0 Å². The summed E-state index contributed by atoms with van der Waals surface area (Å²) >= 11 is 7.83. The molecule has 0 saturated carbocycles. The summed E-state index contributed by atoms with van der Waals surface area (Å²) in [5.41, 5.74) is 1.57. The smallest absolute Gasteiger partial charge is 0.128 e. The van der Waals surface area contributed by atoms with Crippen LogP contribution in [-0.4, -0.2) is 14.1 Å². The van der Waals surface area contributed by atoms with Crippen molar-refractivity contribution in [2.24, 2.45) is 0 Å². The van der Waals surface area contributed by atoms with E-state index in [-0.39, 0.29) is 0 Å². The molecule has 0 radical (unpaired) electrons. The molecule has 0 aromatic carbocycles. The molecule has 1 fully saturated rings. The maximum atomic E-state index is 3.98. The topological polar surface area (TPSA) is 0 Å². The van der Waals surface area contributed by atoms with Crippen molar-refractivity contribution in [3.8, 4) is 0 Å². The van der Waals surface area contributed by atoms with Gasteiger partial charge in [-0.3, -0.25) is 0 Å². The Morgan fingerprint density at radius 1 is 1.60 bits per heavy atom.